The van der Waals surface area contributed by atoms with Crippen LogP contribution in [0.5, 0.6) is 11.5 Å². The first-order valence-corrected chi connectivity index (χ1v) is 26.3. The number of carboxylic acids is 2. The molecule has 24 heteroatoms. The van der Waals surface area contributed by atoms with Crippen LogP contribution in [0.15, 0.2) is 168 Å². The van der Waals surface area contributed by atoms with E-state index in [1.54, 1.807) is 24.3 Å². The van der Waals surface area contributed by atoms with E-state index in [1.165, 1.54) is 110 Å². The maximum absolute atomic E-state index is 13.6. The minimum atomic E-state index is -4.58. The van der Waals surface area contributed by atoms with E-state index in [2.05, 4.69) is 29.4 Å². The Morgan fingerprint density at radius 3 is 1.17 bits per heavy atom. The van der Waals surface area contributed by atoms with Gasteiger partial charge in [-0.15, -0.1) is 0 Å². The topological polar surface area (TPSA) is 237 Å². The summed E-state index contributed by atoms with van der Waals surface area (Å²) in [6.45, 7) is 0.406. The van der Waals surface area contributed by atoms with Gasteiger partial charge in [0.1, 0.15) is 11.5 Å². The van der Waals surface area contributed by atoms with Crippen molar-refractivity contribution < 1.29 is 72.5 Å². The smallest absolute Gasteiger partial charge is 0.416 e. The predicted octanol–water partition coefficient (Wildman–Crippen LogP) is 11.2. The summed E-state index contributed by atoms with van der Waals surface area (Å²) in [5.41, 5.74) is 2.11. The lowest BCUT2D eigenvalue weighted by molar-refractivity contribution is -0.138. The maximum atomic E-state index is 13.6. The third kappa shape index (κ3) is 11.9. The van der Waals surface area contributed by atoms with Gasteiger partial charge in [-0.25, -0.2) is 55.8 Å². The second-order valence-corrected chi connectivity index (χ2v) is 20.9. The molecule has 4 N–H and O–H groups in total. The van der Waals surface area contributed by atoms with Gasteiger partial charge in [0.2, 0.25) is 11.9 Å². The summed E-state index contributed by atoms with van der Waals surface area (Å²) in [6, 6.07) is 29.8. The molecule has 8 aromatic rings. The number of halogens is 6. The van der Waals surface area contributed by atoms with E-state index in [1.807, 2.05) is 0 Å². The zero-order valence-corrected chi connectivity index (χ0v) is 41.7. The summed E-state index contributed by atoms with van der Waals surface area (Å²) in [5.74, 6) is -2.74. The average molecular weight is 1110 g/mol. The number of alkyl halides is 6. The van der Waals surface area contributed by atoms with Crippen molar-refractivity contribution in [3.63, 3.8) is 0 Å². The van der Waals surface area contributed by atoms with E-state index < -0.39 is 67.3 Å². The Labute approximate surface area is 440 Å². The Bertz CT molecular complexity index is 3540. The maximum Gasteiger partial charge on any atom is 0.416 e. The Kier molecular flexibility index (Phi) is 14.9. The number of fused-ring (bicyclic) bond motifs is 2. The molecule has 0 amide bonds. The Morgan fingerprint density at radius 1 is 0.487 bits per heavy atom. The quantitative estimate of drug-likeness (QED) is 0.0833. The highest BCUT2D eigenvalue weighted by molar-refractivity contribution is 7.93. The van der Waals surface area contributed by atoms with Crippen LogP contribution in [0.2, 0.25) is 0 Å². The van der Waals surface area contributed by atoms with Crippen molar-refractivity contribution in [1.82, 2.24) is 19.9 Å². The molecular formula is C54H40F6N6O10S2. The molecule has 2 aromatic heterocycles. The van der Waals surface area contributed by atoms with Crippen LogP contribution in [0.1, 0.15) is 78.8 Å². The zero-order valence-electron chi connectivity index (χ0n) is 40.0. The monoisotopic (exact) mass is 1110 g/mol. The first-order valence-electron chi connectivity index (χ1n) is 23.3. The third-order valence-corrected chi connectivity index (χ3v) is 15.3. The Morgan fingerprint density at radius 2 is 0.833 bits per heavy atom. The van der Waals surface area contributed by atoms with Crippen molar-refractivity contribution in [3.05, 3.63) is 203 Å². The molecule has 0 bridgehead atoms. The summed E-state index contributed by atoms with van der Waals surface area (Å²) < 4.78 is 149. The molecule has 16 nitrogen and oxygen atoms in total. The van der Waals surface area contributed by atoms with E-state index in [9.17, 15) is 63.0 Å². The molecule has 10 rings (SSSR count). The van der Waals surface area contributed by atoms with E-state index in [4.69, 9.17) is 9.47 Å². The van der Waals surface area contributed by atoms with Gasteiger partial charge < -0.3 is 19.7 Å². The van der Waals surface area contributed by atoms with Gasteiger partial charge in [-0.2, -0.15) is 26.3 Å². The van der Waals surface area contributed by atoms with Gasteiger partial charge >= 0.3 is 24.3 Å². The minimum absolute atomic E-state index is 0.00642. The van der Waals surface area contributed by atoms with E-state index >= 15 is 0 Å². The van der Waals surface area contributed by atoms with Gasteiger partial charge in [-0.05, 0) is 119 Å². The summed E-state index contributed by atoms with van der Waals surface area (Å²) in [6.07, 6.45) is -2.74. The van der Waals surface area contributed by atoms with Gasteiger partial charge in [0.25, 0.3) is 20.0 Å². The highest BCUT2D eigenvalue weighted by atomic mass is 32.2. The van der Waals surface area contributed by atoms with Gasteiger partial charge in [0, 0.05) is 59.9 Å². The molecule has 400 valence electrons. The molecule has 0 aliphatic carbocycles. The molecule has 2 aliphatic heterocycles. The number of carboxylic acid groups (broad SMARTS) is 2. The highest BCUT2D eigenvalue weighted by Gasteiger charge is 2.35. The van der Waals surface area contributed by atoms with Gasteiger partial charge in [-0.1, -0.05) is 48.5 Å². The van der Waals surface area contributed by atoms with Gasteiger partial charge in [0.15, 0.2) is 0 Å². The van der Waals surface area contributed by atoms with Crippen molar-refractivity contribution in [2.24, 2.45) is 0 Å². The summed E-state index contributed by atoms with van der Waals surface area (Å²) in [7, 11) is -8.08. The number of anilines is 2. The minimum Gasteiger partial charge on any atom is -0.493 e. The summed E-state index contributed by atoms with van der Waals surface area (Å²) in [4.78, 5) is 37.8. The van der Waals surface area contributed by atoms with E-state index in [-0.39, 0.29) is 57.5 Å². The molecule has 78 heavy (non-hydrogen) atoms. The number of ether oxygens (including phenoxy) is 2. The van der Waals surface area contributed by atoms with Crippen LogP contribution in [0, 0.1) is 0 Å². The number of hydrogen-bond acceptors (Lipinski definition) is 12. The lowest BCUT2D eigenvalue weighted by Crippen LogP contribution is -2.19. The Hall–Kier alpha value is -8.90. The van der Waals surface area contributed by atoms with Crippen LogP contribution < -0.4 is 18.9 Å². The highest BCUT2D eigenvalue weighted by Crippen LogP contribution is 2.46. The number of nitrogens with one attached hydrogen (secondary N) is 2. The Balaban J connectivity index is 0.000000190. The second kappa shape index (κ2) is 21.6. The predicted molar refractivity (Wildman–Crippen MR) is 270 cm³/mol. The number of carbonyl (C=O) groups is 2. The van der Waals surface area contributed by atoms with Crippen LogP contribution >= 0.6 is 0 Å². The van der Waals surface area contributed by atoms with E-state index in [0.717, 1.165) is 24.3 Å². The SMILES string of the molecule is O=C(O)c1ccc(-c2cc(C(F)(F)F)ccc2[C@@H]2CCOc3cc(S(=O)(=O)Nc4ncccn4)ccc32)cc1.O=C(O)c1ccc(-c2cc(C(F)(F)F)ccc2[C@H]2CCOc3cc(S(=O)(=O)Nc4ncccn4)ccc32)cc1. The van der Waals surface area contributed by atoms with Gasteiger partial charge in [-0.3, -0.25) is 0 Å². The van der Waals surface area contributed by atoms with Crippen molar-refractivity contribution in [1.29, 1.82) is 0 Å². The summed E-state index contributed by atoms with van der Waals surface area (Å²) in [5, 5.41) is 18.4. The molecule has 0 saturated heterocycles. The molecule has 2 atom stereocenters. The molecule has 0 saturated carbocycles. The van der Waals surface area contributed by atoms with Crippen molar-refractivity contribution >= 4 is 43.9 Å². The molecule has 0 spiro atoms. The first-order chi connectivity index (χ1) is 37.1. The fourth-order valence-corrected chi connectivity index (χ4v) is 10.9. The van der Waals surface area contributed by atoms with Crippen molar-refractivity contribution in [2.45, 2.75) is 46.8 Å². The van der Waals surface area contributed by atoms with Crippen LogP contribution in [0.3, 0.4) is 0 Å². The van der Waals surface area contributed by atoms with Crippen LogP contribution in [0.25, 0.3) is 22.3 Å². The largest absolute Gasteiger partial charge is 0.493 e. The number of hydrogen-bond donors (Lipinski definition) is 4. The van der Waals surface area contributed by atoms with Crippen molar-refractivity contribution in [2.75, 3.05) is 22.7 Å². The van der Waals surface area contributed by atoms with Crippen LogP contribution in [-0.4, -0.2) is 72.1 Å². The summed E-state index contributed by atoms with van der Waals surface area (Å²) >= 11 is 0. The zero-order chi connectivity index (χ0) is 55.6. The standard InChI is InChI=1S/2C27H20F3N3O5S/c2*28-27(29,30)18-6-8-20(23(14-18)16-2-4-17(5-3-16)25(34)35)21-10-13-38-24-15-19(7-9-22(21)24)39(36,37)33-26-31-11-1-12-32-26/h2*1-9,11-12,14-15,21H,10,13H2,(H,34,35)(H,31,32,33)/t2*21-/m10/s1. The number of nitrogens with zero attached hydrogens (tertiary/aromatic N) is 4. The molecule has 4 heterocycles. The third-order valence-electron chi connectivity index (χ3n) is 12.7. The fraction of sp³-hybridized carbons (Fsp3) is 0.148. The average Bonchev–Trinajstić information content (AvgIpc) is 3.48. The molecule has 0 fully saturated rings. The van der Waals surface area contributed by atoms with Crippen LogP contribution in [0.4, 0.5) is 38.2 Å². The first kappa shape index (κ1) is 53.9. The second-order valence-electron chi connectivity index (χ2n) is 17.5. The molecule has 0 radical (unpaired) electrons. The number of sulfonamides is 2. The fourth-order valence-electron chi connectivity index (χ4n) is 8.94. The van der Waals surface area contributed by atoms with Gasteiger partial charge in [0.05, 0.1) is 45.3 Å². The number of benzene rings is 6. The normalized spacial score (nSPS) is 15.2. The number of aromatic carboxylic acids is 2. The molecule has 0 unspecified atom stereocenters. The number of aromatic nitrogens is 4. The lowest BCUT2D eigenvalue weighted by Gasteiger charge is -2.29. The van der Waals surface area contributed by atoms with Crippen LogP contribution in [-0.2, 0) is 32.4 Å². The molecule has 2 aliphatic rings. The lowest BCUT2D eigenvalue weighted by atomic mass is 9.82. The molecule has 6 aromatic carbocycles. The van der Waals surface area contributed by atoms with E-state index in [0.29, 0.717) is 57.3 Å². The molecular weight excluding hydrogens is 1070 g/mol. The number of rotatable bonds is 12. The van der Waals surface area contributed by atoms with Crippen molar-refractivity contribution in [3.8, 4) is 33.8 Å².